The highest BCUT2D eigenvalue weighted by atomic mass is 35.5. The first-order chi connectivity index (χ1) is 13.5. The van der Waals surface area contributed by atoms with Gasteiger partial charge in [-0.15, -0.1) is 0 Å². The summed E-state index contributed by atoms with van der Waals surface area (Å²) in [7, 11) is 0. The number of hydrogen-bond donors (Lipinski definition) is 1. The minimum absolute atomic E-state index is 0.174. The first-order valence-electron chi connectivity index (χ1n) is 9.04. The minimum atomic E-state index is -0.174. The number of carbonyl (C=O) groups excluding carboxylic acids is 1. The molecule has 1 heterocycles. The summed E-state index contributed by atoms with van der Waals surface area (Å²) < 4.78 is 2.00. The van der Waals surface area contributed by atoms with Crippen LogP contribution in [0, 0.1) is 6.92 Å². The van der Waals surface area contributed by atoms with Crippen molar-refractivity contribution in [2.45, 2.75) is 26.4 Å². The van der Waals surface area contributed by atoms with E-state index >= 15 is 0 Å². The van der Waals surface area contributed by atoms with Crippen LogP contribution in [0.1, 0.15) is 17.5 Å². The van der Waals surface area contributed by atoms with Crippen molar-refractivity contribution in [3.8, 4) is 0 Å². The van der Waals surface area contributed by atoms with Crippen molar-refractivity contribution in [2.75, 3.05) is 11.9 Å². The predicted octanol–water partition coefficient (Wildman–Crippen LogP) is 5.62. The van der Waals surface area contributed by atoms with Gasteiger partial charge in [-0.1, -0.05) is 47.5 Å². The van der Waals surface area contributed by atoms with Crippen LogP contribution in [0.4, 0.5) is 10.5 Å². The van der Waals surface area contributed by atoms with Gasteiger partial charge in [0.1, 0.15) is 0 Å². The third kappa shape index (κ3) is 5.50. The van der Waals surface area contributed by atoms with Gasteiger partial charge in [0.05, 0.1) is 16.4 Å². The number of imidazole rings is 1. The van der Waals surface area contributed by atoms with Gasteiger partial charge in [-0.25, -0.2) is 9.78 Å². The van der Waals surface area contributed by atoms with E-state index in [0.29, 0.717) is 28.8 Å². The highest BCUT2D eigenvalue weighted by Gasteiger charge is 2.15. The normalized spacial score (nSPS) is 10.7. The molecule has 1 N–H and O–H groups in total. The van der Waals surface area contributed by atoms with Crippen molar-refractivity contribution in [3.63, 3.8) is 0 Å². The largest absolute Gasteiger partial charge is 0.337 e. The maximum atomic E-state index is 12.9. The van der Waals surface area contributed by atoms with Crippen LogP contribution >= 0.6 is 23.2 Å². The SMILES string of the molecule is Cc1ccccc1CN(CCCn1ccnc1)C(=O)Nc1ccc(Cl)c(Cl)c1. The standard InChI is InChI=1S/C21H22Cl2N4O/c1-16-5-2-3-6-17(16)14-27(11-4-10-26-12-9-24-15-26)21(28)25-18-7-8-19(22)20(23)13-18/h2-3,5-9,12-13,15H,4,10-11,14H2,1H3,(H,25,28). The summed E-state index contributed by atoms with van der Waals surface area (Å²) in [6.07, 6.45) is 6.27. The fourth-order valence-electron chi connectivity index (χ4n) is 2.89. The Morgan fingerprint density at radius 2 is 2.00 bits per heavy atom. The fraction of sp³-hybridized carbons (Fsp3) is 0.238. The Bertz CT molecular complexity index is 928. The molecule has 0 saturated carbocycles. The van der Waals surface area contributed by atoms with E-state index in [4.69, 9.17) is 23.2 Å². The fourth-order valence-corrected chi connectivity index (χ4v) is 3.18. The summed E-state index contributed by atoms with van der Waals surface area (Å²) >= 11 is 12.0. The molecule has 3 rings (SSSR count). The first-order valence-corrected chi connectivity index (χ1v) is 9.80. The van der Waals surface area contributed by atoms with Crippen LogP contribution in [0.15, 0.2) is 61.2 Å². The maximum absolute atomic E-state index is 12.9. The summed E-state index contributed by atoms with van der Waals surface area (Å²) in [6, 6.07) is 13.0. The molecule has 28 heavy (non-hydrogen) atoms. The minimum Gasteiger partial charge on any atom is -0.337 e. The highest BCUT2D eigenvalue weighted by molar-refractivity contribution is 6.42. The first kappa shape index (κ1) is 20.2. The van der Waals surface area contributed by atoms with E-state index in [2.05, 4.69) is 23.3 Å². The summed E-state index contributed by atoms with van der Waals surface area (Å²) in [4.78, 5) is 18.8. The van der Waals surface area contributed by atoms with Crippen molar-refractivity contribution >= 4 is 34.9 Å². The van der Waals surface area contributed by atoms with Crippen LogP contribution in [-0.2, 0) is 13.1 Å². The topological polar surface area (TPSA) is 50.2 Å². The molecule has 2 amide bonds. The molecule has 3 aromatic rings. The van der Waals surface area contributed by atoms with Gasteiger partial charge in [0, 0.05) is 37.7 Å². The van der Waals surface area contributed by atoms with Gasteiger partial charge >= 0.3 is 6.03 Å². The summed E-state index contributed by atoms with van der Waals surface area (Å²) in [5.74, 6) is 0. The molecular formula is C21H22Cl2N4O. The predicted molar refractivity (Wildman–Crippen MR) is 114 cm³/mol. The van der Waals surface area contributed by atoms with Crippen molar-refractivity contribution in [2.24, 2.45) is 0 Å². The number of nitrogens with one attached hydrogen (secondary N) is 1. The van der Waals surface area contributed by atoms with Gasteiger partial charge in [0.25, 0.3) is 0 Å². The van der Waals surface area contributed by atoms with E-state index in [9.17, 15) is 4.79 Å². The summed E-state index contributed by atoms with van der Waals surface area (Å²) in [6.45, 7) is 3.99. The number of amides is 2. The molecule has 0 unspecified atom stereocenters. The summed E-state index contributed by atoms with van der Waals surface area (Å²) in [5.41, 5.74) is 2.89. The van der Waals surface area contributed by atoms with Crippen molar-refractivity contribution < 1.29 is 4.79 Å². The Hall–Kier alpha value is -2.50. The molecule has 1 aromatic heterocycles. The molecular weight excluding hydrogens is 395 g/mol. The number of nitrogens with zero attached hydrogens (tertiary/aromatic N) is 3. The van der Waals surface area contributed by atoms with E-state index in [1.807, 2.05) is 33.9 Å². The molecule has 0 fully saturated rings. The van der Waals surface area contributed by atoms with Gasteiger partial charge < -0.3 is 14.8 Å². The Kier molecular flexibility index (Phi) is 6.95. The van der Waals surface area contributed by atoms with E-state index in [1.54, 1.807) is 30.7 Å². The number of aryl methyl sites for hydroxylation is 2. The molecule has 0 aliphatic heterocycles. The molecule has 2 aromatic carbocycles. The molecule has 0 spiro atoms. The number of hydrogen-bond acceptors (Lipinski definition) is 2. The number of rotatable bonds is 7. The monoisotopic (exact) mass is 416 g/mol. The Labute approximate surface area is 174 Å². The van der Waals surface area contributed by atoms with Crippen LogP contribution in [0.2, 0.25) is 10.0 Å². The number of aromatic nitrogens is 2. The van der Waals surface area contributed by atoms with Gasteiger partial charge in [-0.05, 0) is 42.7 Å². The lowest BCUT2D eigenvalue weighted by Gasteiger charge is -2.24. The summed E-state index contributed by atoms with van der Waals surface area (Å²) in [5, 5.41) is 3.78. The molecule has 146 valence electrons. The highest BCUT2D eigenvalue weighted by Crippen LogP contribution is 2.25. The number of carbonyl (C=O) groups is 1. The van der Waals surface area contributed by atoms with Gasteiger partial charge in [-0.2, -0.15) is 0 Å². The Balaban J connectivity index is 1.70. The maximum Gasteiger partial charge on any atom is 0.322 e. The van der Waals surface area contributed by atoms with Crippen molar-refractivity contribution in [1.82, 2.24) is 14.5 Å². The molecule has 7 heteroatoms. The number of urea groups is 1. The third-order valence-corrected chi connectivity index (χ3v) is 5.22. The average Bonchev–Trinajstić information content (AvgIpc) is 3.19. The number of benzene rings is 2. The van der Waals surface area contributed by atoms with Crippen LogP contribution in [-0.4, -0.2) is 27.0 Å². The molecule has 0 aliphatic rings. The lowest BCUT2D eigenvalue weighted by atomic mass is 10.1. The van der Waals surface area contributed by atoms with Crippen molar-refractivity contribution in [1.29, 1.82) is 0 Å². The second-order valence-corrected chi connectivity index (χ2v) is 7.38. The molecule has 0 bridgehead atoms. The number of halogens is 2. The van der Waals surface area contributed by atoms with Gasteiger partial charge in [-0.3, -0.25) is 0 Å². The van der Waals surface area contributed by atoms with Gasteiger partial charge in [0.2, 0.25) is 0 Å². The zero-order valence-corrected chi connectivity index (χ0v) is 17.1. The number of anilines is 1. The molecule has 0 aliphatic carbocycles. The molecule has 0 saturated heterocycles. The van der Waals surface area contributed by atoms with Gasteiger partial charge in [0.15, 0.2) is 0 Å². The smallest absolute Gasteiger partial charge is 0.322 e. The third-order valence-electron chi connectivity index (χ3n) is 4.48. The average molecular weight is 417 g/mol. The van der Waals surface area contributed by atoms with E-state index in [1.165, 1.54) is 0 Å². The second kappa shape index (κ2) is 9.62. The lowest BCUT2D eigenvalue weighted by Crippen LogP contribution is -2.35. The lowest BCUT2D eigenvalue weighted by molar-refractivity contribution is 0.207. The Morgan fingerprint density at radius 1 is 1.18 bits per heavy atom. The zero-order valence-electron chi connectivity index (χ0n) is 15.6. The van der Waals surface area contributed by atoms with Crippen LogP contribution < -0.4 is 5.32 Å². The zero-order chi connectivity index (χ0) is 19.9. The second-order valence-electron chi connectivity index (χ2n) is 6.56. The van der Waals surface area contributed by atoms with Crippen LogP contribution in [0.25, 0.3) is 0 Å². The van der Waals surface area contributed by atoms with Crippen molar-refractivity contribution in [3.05, 3.63) is 82.4 Å². The molecule has 5 nitrogen and oxygen atoms in total. The quantitative estimate of drug-likeness (QED) is 0.542. The van der Waals surface area contributed by atoms with Crippen LogP contribution in [0.5, 0.6) is 0 Å². The van der Waals surface area contributed by atoms with E-state index in [0.717, 1.165) is 24.1 Å². The molecule has 0 atom stereocenters. The molecule has 0 radical (unpaired) electrons. The van der Waals surface area contributed by atoms with E-state index < -0.39 is 0 Å². The van der Waals surface area contributed by atoms with E-state index in [-0.39, 0.29) is 6.03 Å². The Morgan fingerprint density at radius 3 is 2.71 bits per heavy atom. The van der Waals surface area contributed by atoms with Crippen LogP contribution in [0.3, 0.4) is 0 Å².